The third-order valence-corrected chi connectivity index (χ3v) is 6.66. The predicted octanol–water partition coefficient (Wildman–Crippen LogP) is 3.65. The van der Waals surface area contributed by atoms with Crippen molar-refractivity contribution in [1.82, 2.24) is 9.91 Å². The van der Waals surface area contributed by atoms with Crippen molar-refractivity contribution in [2.45, 2.75) is 38.0 Å². The molecular formula is C25H28FN3O3. The second-order valence-electron chi connectivity index (χ2n) is 8.76. The van der Waals surface area contributed by atoms with Crippen molar-refractivity contribution < 1.29 is 18.7 Å². The number of rotatable bonds is 4. The molecule has 1 amide bonds. The smallest absolute Gasteiger partial charge is 0.257 e. The van der Waals surface area contributed by atoms with E-state index in [1.165, 1.54) is 12.1 Å². The van der Waals surface area contributed by atoms with Gasteiger partial charge in [-0.2, -0.15) is 5.10 Å². The van der Waals surface area contributed by atoms with Crippen molar-refractivity contribution in [2.75, 3.05) is 32.8 Å². The van der Waals surface area contributed by atoms with Gasteiger partial charge in [-0.3, -0.25) is 9.69 Å². The van der Waals surface area contributed by atoms with Gasteiger partial charge in [0.25, 0.3) is 5.91 Å². The zero-order chi connectivity index (χ0) is 22.1. The molecule has 0 unspecified atom stereocenters. The SMILES string of the molecule is Cc1ccccc1[C@H]1CC(c2cccc(F)c2)=NN1C(=O)CN1CCC2(CC1)OCCO2. The molecule has 0 N–H and O–H groups in total. The Balaban J connectivity index is 1.35. The lowest BCUT2D eigenvalue weighted by molar-refractivity contribution is -0.186. The lowest BCUT2D eigenvalue weighted by Gasteiger charge is -2.37. The van der Waals surface area contributed by atoms with E-state index in [-0.39, 0.29) is 17.8 Å². The number of likely N-dealkylation sites (tertiary alicyclic amines) is 1. The first kappa shape index (κ1) is 21.2. The van der Waals surface area contributed by atoms with Crippen LogP contribution in [0.5, 0.6) is 0 Å². The Labute approximate surface area is 187 Å². The fourth-order valence-electron chi connectivity index (χ4n) is 4.89. The van der Waals surface area contributed by atoms with Gasteiger partial charge in [-0.25, -0.2) is 9.40 Å². The van der Waals surface area contributed by atoms with Crippen LogP contribution in [0.4, 0.5) is 4.39 Å². The van der Waals surface area contributed by atoms with E-state index >= 15 is 0 Å². The number of carbonyl (C=O) groups excluding carboxylic acids is 1. The van der Waals surface area contributed by atoms with Gasteiger partial charge in [-0.15, -0.1) is 0 Å². The molecule has 1 atom stereocenters. The molecular weight excluding hydrogens is 409 g/mol. The summed E-state index contributed by atoms with van der Waals surface area (Å²) in [7, 11) is 0. The Morgan fingerprint density at radius 3 is 2.59 bits per heavy atom. The van der Waals surface area contributed by atoms with Gasteiger partial charge in [0.2, 0.25) is 0 Å². The maximum atomic E-state index is 13.8. The van der Waals surface area contributed by atoms with Gasteiger partial charge in [0.15, 0.2) is 5.79 Å². The average Bonchev–Trinajstić information content (AvgIpc) is 3.44. The Morgan fingerprint density at radius 1 is 1.12 bits per heavy atom. The first-order valence-electron chi connectivity index (χ1n) is 11.2. The van der Waals surface area contributed by atoms with Gasteiger partial charge in [-0.05, 0) is 30.2 Å². The molecule has 0 aromatic heterocycles. The van der Waals surface area contributed by atoms with Crippen molar-refractivity contribution in [3.8, 4) is 0 Å². The van der Waals surface area contributed by atoms with Crippen LogP contribution in [0.25, 0.3) is 0 Å². The zero-order valence-electron chi connectivity index (χ0n) is 18.3. The van der Waals surface area contributed by atoms with Crippen LogP contribution >= 0.6 is 0 Å². The van der Waals surface area contributed by atoms with Gasteiger partial charge in [-0.1, -0.05) is 36.4 Å². The third kappa shape index (κ3) is 4.20. The molecule has 6 nitrogen and oxygen atoms in total. The fraction of sp³-hybridized carbons (Fsp3) is 0.440. The first-order chi connectivity index (χ1) is 15.5. The Bertz CT molecular complexity index is 1020. The summed E-state index contributed by atoms with van der Waals surface area (Å²) in [6.45, 7) is 5.11. The third-order valence-electron chi connectivity index (χ3n) is 6.66. The van der Waals surface area contributed by atoms with Crippen LogP contribution in [-0.2, 0) is 14.3 Å². The van der Waals surface area contributed by atoms with Crippen LogP contribution in [0, 0.1) is 12.7 Å². The molecule has 7 heteroatoms. The monoisotopic (exact) mass is 437 g/mol. The van der Waals surface area contributed by atoms with Gasteiger partial charge < -0.3 is 9.47 Å². The van der Waals surface area contributed by atoms with Crippen molar-refractivity contribution in [1.29, 1.82) is 0 Å². The van der Waals surface area contributed by atoms with E-state index in [1.807, 2.05) is 37.3 Å². The molecule has 32 heavy (non-hydrogen) atoms. The van der Waals surface area contributed by atoms with E-state index in [1.54, 1.807) is 11.1 Å². The number of hydrogen-bond donors (Lipinski definition) is 0. The zero-order valence-corrected chi connectivity index (χ0v) is 18.3. The minimum Gasteiger partial charge on any atom is -0.347 e. The summed E-state index contributed by atoms with van der Waals surface area (Å²) in [6, 6.07) is 14.3. The van der Waals surface area contributed by atoms with Crippen LogP contribution in [0.15, 0.2) is 53.6 Å². The lowest BCUT2D eigenvalue weighted by atomic mass is 9.95. The summed E-state index contributed by atoms with van der Waals surface area (Å²) in [6.07, 6.45) is 2.09. The number of piperidine rings is 1. The maximum Gasteiger partial charge on any atom is 0.257 e. The number of carbonyl (C=O) groups is 1. The van der Waals surface area contributed by atoms with Crippen LogP contribution in [0.2, 0.25) is 0 Å². The first-order valence-corrected chi connectivity index (χ1v) is 11.2. The highest BCUT2D eigenvalue weighted by Crippen LogP contribution is 2.35. The second-order valence-corrected chi connectivity index (χ2v) is 8.76. The number of aryl methyl sites for hydroxylation is 1. The molecule has 0 bridgehead atoms. The number of hydrazone groups is 1. The normalized spacial score (nSPS) is 23.0. The summed E-state index contributed by atoms with van der Waals surface area (Å²) in [5.74, 6) is -0.811. The van der Waals surface area contributed by atoms with Crippen molar-refractivity contribution >= 4 is 11.6 Å². The number of halogens is 1. The minimum absolute atomic E-state index is 0.0473. The van der Waals surface area contributed by atoms with Crippen LogP contribution in [0.3, 0.4) is 0 Å². The molecule has 2 aromatic rings. The lowest BCUT2D eigenvalue weighted by Crippen LogP contribution is -2.48. The summed E-state index contributed by atoms with van der Waals surface area (Å²) in [5.41, 5.74) is 3.63. The highest BCUT2D eigenvalue weighted by atomic mass is 19.1. The fourth-order valence-corrected chi connectivity index (χ4v) is 4.89. The molecule has 3 heterocycles. The van der Waals surface area contributed by atoms with E-state index in [2.05, 4.69) is 4.90 Å². The summed E-state index contributed by atoms with van der Waals surface area (Å²) in [4.78, 5) is 15.5. The van der Waals surface area contributed by atoms with Crippen molar-refractivity contribution in [3.05, 3.63) is 71.0 Å². The molecule has 0 radical (unpaired) electrons. The largest absolute Gasteiger partial charge is 0.347 e. The van der Waals surface area contributed by atoms with Crippen LogP contribution in [0.1, 0.15) is 42.0 Å². The number of nitrogens with zero attached hydrogens (tertiary/aromatic N) is 3. The predicted molar refractivity (Wildman–Crippen MR) is 119 cm³/mol. The molecule has 0 saturated carbocycles. The van der Waals surface area contributed by atoms with Gasteiger partial charge in [0.1, 0.15) is 5.82 Å². The molecule has 2 fully saturated rings. The molecule has 5 rings (SSSR count). The van der Waals surface area contributed by atoms with E-state index in [0.29, 0.717) is 31.7 Å². The second kappa shape index (κ2) is 8.73. The standard InChI is InChI=1S/C25H28FN3O3/c1-18-5-2-3-8-21(18)23-16-22(19-6-4-7-20(26)15-19)27-29(23)24(30)17-28-11-9-25(10-12-28)31-13-14-32-25/h2-8,15,23H,9-14,16-17H2,1H3/t23-/m1/s1. The molecule has 168 valence electrons. The summed E-state index contributed by atoms with van der Waals surface area (Å²) in [5, 5.41) is 6.30. The number of ether oxygens (including phenoxy) is 2. The molecule has 0 aliphatic carbocycles. The number of amides is 1. The molecule has 2 saturated heterocycles. The van der Waals surface area contributed by atoms with E-state index in [0.717, 1.165) is 42.8 Å². The van der Waals surface area contributed by atoms with Crippen LogP contribution in [-0.4, -0.2) is 60.2 Å². The average molecular weight is 438 g/mol. The summed E-state index contributed by atoms with van der Waals surface area (Å²) < 4.78 is 25.4. The van der Waals surface area contributed by atoms with Crippen molar-refractivity contribution in [3.63, 3.8) is 0 Å². The van der Waals surface area contributed by atoms with Gasteiger partial charge in [0, 0.05) is 37.9 Å². The maximum absolute atomic E-state index is 13.8. The van der Waals surface area contributed by atoms with Gasteiger partial charge in [0.05, 0.1) is 31.5 Å². The molecule has 3 aliphatic heterocycles. The molecule has 3 aliphatic rings. The quantitative estimate of drug-likeness (QED) is 0.733. The summed E-state index contributed by atoms with van der Waals surface area (Å²) >= 11 is 0. The highest BCUT2D eigenvalue weighted by Gasteiger charge is 2.41. The number of benzene rings is 2. The Kier molecular flexibility index (Phi) is 5.80. The van der Waals surface area contributed by atoms with E-state index in [9.17, 15) is 9.18 Å². The number of hydrogen-bond acceptors (Lipinski definition) is 5. The topological polar surface area (TPSA) is 54.4 Å². The Hall–Kier alpha value is -2.61. The van der Waals surface area contributed by atoms with E-state index < -0.39 is 5.79 Å². The van der Waals surface area contributed by atoms with Crippen molar-refractivity contribution in [2.24, 2.45) is 5.10 Å². The molecule has 1 spiro atoms. The van der Waals surface area contributed by atoms with Gasteiger partial charge >= 0.3 is 0 Å². The Morgan fingerprint density at radius 2 is 1.88 bits per heavy atom. The van der Waals surface area contributed by atoms with Crippen LogP contribution < -0.4 is 0 Å². The highest BCUT2D eigenvalue weighted by molar-refractivity contribution is 6.03. The minimum atomic E-state index is -0.459. The van der Waals surface area contributed by atoms with E-state index in [4.69, 9.17) is 14.6 Å². The molecule has 2 aromatic carbocycles.